The van der Waals surface area contributed by atoms with E-state index in [0.717, 1.165) is 29.2 Å². The van der Waals surface area contributed by atoms with Gasteiger partial charge in [0.15, 0.2) is 0 Å². The second kappa shape index (κ2) is 6.25. The number of aromatic nitrogens is 1. The number of nitrogen functional groups attached to an aromatic ring is 1. The smallest absolute Gasteiger partial charge is 0.126 e. The molecule has 0 bridgehead atoms. The second-order valence-electron chi connectivity index (χ2n) is 5.73. The number of amidine groups is 1. The summed E-state index contributed by atoms with van der Waals surface area (Å²) < 4.78 is 0. The highest BCUT2D eigenvalue weighted by Gasteiger charge is 2.24. The molecular weight excluding hydrogens is 248 g/mol. The lowest BCUT2D eigenvalue weighted by Crippen LogP contribution is -2.38. The summed E-state index contributed by atoms with van der Waals surface area (Å²) in [6.07, 6.45) is 6.44. The molecule has 0 radical (unpaired) electrons. The molecule has 110 valence electrons. The average molecular weight is 274 g/mol. The molecule has 1 aromatic heterocycles. The van der Waals surface area contributed by atoms with Crippen LogP contribution in [0.4, 0.5) is 5.69 Å². The first-order valence-electron chi connectivity index (χ1n) is 7.63. The number of rotatable bonds is 4. The van der Waals surface area contributed by atoms with Crippen LogP contribution in [-0.2, 0) is 0 Å². The van der Waals surface area contributed by atoms with Crippen LogP contribution < -0.4 is 10.6 Å². The van der Waals surface area contributed by atoms with Gasteiger partial charge in [0.05, 0.1) is 16.9 Å². The summed E-state index contributed by atoms with van der Waals surface area (Å²) in [5.74, 6) is 0.124. The lowest BCUT2D eigenvalue weighted by Gasteiger charge is -2.36. The summed E-state index contributed by atoms with van der Waals surface area (Å²) in [6.45, 7) is 7.09. The summed E-state index contributed by atoms with van der Waals surface area (Å²) in [4.78, 5) is 6.90. The van der Waals surface area contributed by atoms with E-state index in [2.05, 4.69) is 22.9 Å². The SMILES string of the molecule is CCN(c1cc(C)nc(C)c1C(=N)N)C1CCCCC1. The van der Waals surface area contributed by atoms with Gasteiger partial charge in [-0.3, -0.25) is 10.4 Å². The van der Waals surface area contributed by atoms with Gasteiger partial charge in [0, 0.05) is 18.3 Å². The molecule has 1 aliphatic rings. The summed E-state index contributed by atoms with van der Waals surface area (Å²) in [6, 6.07) is 2.66. The fraction of sp³-hybridized carbons (Fsp3) is 0.625. The average Bonchev–Trinajstić information content (AvgIpc) is 2.39. The normalized spacial score (nSPS) is 16.1. The summed E-state index contributed by atoms with van der Waals surface area (Å²) in [5, 5.41) is 7.88. The third kappa shape index (κ3) is 2.94. The molecule has 4 nitrogen and oxygen atoms in total. The minimum Gasteiger partial charge on any atom is -0.384 e. The lowest BCUT2D eigenvalue weighted by atomic mass is 9.93. The maximum Gasteiger partial charge on any atom is 0.126 e. The predicted octanol–water partition coefficient (Wildman–Crippen LogP) is 3.14. The summed E-state index contributed by atoms with van der Waals surface area (Å²) >= 11 is 0. The molecule has 20 heavy (non-hydrogen) atoms. The highest BCUT2D eigenvalue weighted by Crippen LogP contribution is 2.30. The Hall–Kier alpha value is -1.58. The van der Waals surface area contributed by atoms with Gasteiger partial charge in [-0.2, -0.15) is 0 Å². The first-order chi connectivity index (χ1) is 9.54. The van der Waals surface area contributed by atoms with Gasteiger partial charge in [-0.05, 0) is 39.7 Å². The molecule has 0 atom stereocenters. The van der Waals surface area contributed by atoms with Crippen molar-refractivity contribution in [3.8, 4) is 0 Å². The number of nitrogens with zero attached hydrogens (tertiary/aromatic N) is 2. The Kier molecular flexibility index (Phi) is 4.63. The minimum absolute atomic E-state index is 0.124. The van der Waals surface area contributed by atoms with Crippen molar-refractivity contribution in [3.05, 3.63) is 23.0 Å². The van der Waals surface area contributed by atoms with E-state index in [1.165, 1.54) is 32.1 Å². The number of nitrogens with two attached hydrogens (primary N) is 1. The van der Waals surface area contributed by atoms with E-state index in [9.17, 15) is 0 Å². The zero-order valence-electron chi connectivity index (χ0n) is 12.9. The molecule has 0 spiro atoms. The van der Waals surface area contributed by atoms with Gasteiger partial charge < -0.3 is 10.6 Å². The lowest BCUT2D eigenvalue weighted by molar-refractivity contribution is 0.418. The monoisotopic (exact) mass is 274 g/mol. The second-order valence-corrected chi connectivity index (χ2v) is 5.73. The van der Waals surface area contributed by atoms with Crippen molar-refractivity contribution in [2.45, 2.75) is 58.9 Å². The molecule has 0 amide bonds. The highest BCUT2D eigenvalue weighted by molar-refractivity contribution is 6.01. The van der Waals surface area contributed by atoms with Crippen molar-refractivity contribution in [1.82, 2.24) is 4.98 Å². The van der Waals surface area contributed by atoms with Gasteiger partial charge in [-0.15, -0.1) is 0 Å². The fourth-order valence-electron chi connectivity index (χ4n) is 3.39. The Balaban J connectivity index is 2.44. The van der Waals surface area contributed by atoms with E-state index in [1.807, 2.05) is 13.8 Å². The van der Waals surface area contributed by atoms with Crippen molar-refractivity contribution in [2.24, 2.45) is 5.73 Å². The van der Waals surface area contributed by atoms with Crippen LogP contribution in [0, 0.1) is 19.3 Å². The molecule has 1 fully saturated rings. The Morgan fingerprint density at radius 2 is 2.00 bits per heavy atom. The number of aryl methyl sites for hydroxylation is 2. The van der Waals surface area contributed by atoms with Gasteiger partial charge >= 0.3 is 0 Å². The van der Waals surface area contributed by atoms with Crippen LogP contribution in [-0.4, -0.2) is 23.4 Å². The van der Waals surface area contributed by atoms with Crippen LogP contribution in [0.3, 0.4) is 0 Å². The van der Waals surface area contributed by atoms with Gasteiger partial charge in [0.25, 0.3) is 0 Å². The van der Waals surface area contributed by atoms with E-state index in [-0.39, 0.29) is 5.84 Å². The van der Waals surface area contributed by atoms with Gasteiger partial charge in [-0.1, -0.05) is 19.3 Å². The van der Waals surface area contributed by atoms with Crippen molar-refractivity contribution >= 4 is 11.5 Å². The maximum atomic E-state index is 7.88. The zero-order chi connectivity index (χ0) is 14.7. The van der Waals surface area contributed by atoms with Gasteiger partial charge in [0.2, 0.25) is 0 Å². The van der Waals surface area contributed by atoms with Crippen LogP contribution in [0.2, 0.25) is 0 Å². The molecular formula is C16H26N4. The third-order valence-corrected chi connectivity index (χ3v) is 4.24. The summed E-state index contributed by atoms with van der Waals surface area (Å²) in [7, 11) is 0. The predicted molar refractivity (Wildman–Crippen MR) is 84.6 cm³/mol. The molecule has 1 saturated carbocycles. The standard InChI is InChI=1S/C16H26N4/c1-4-20(13-8-6-5-7-9-13)14-10-11(2)19-12(3)15(14)16(17)18/h10,13H,4-9H2,1-3H3,(H3,17,18). The first kappa shape index (κ1) is 14.8. The van der Waals surface area contributed by atoms with Crippen molar-refractivity contribution in [3.63, 3.8) is 0 Å². The van der Waals surface area contributed by atoms with Gasteiger partial charge in [0.1, 0.15) is 5.84 Å². The van der Waals surface area contributed by atoms with Crippen molar-refractivity contribution < 1.29 is 0 Å². The highest BCUT2D eigenvalue weighted by atomic mass is 15.2. The number of nitrogens with one attached hydrogen (secondary N) is 1. The Morgan fingerprint density at radius 3 is 2.55 bits per heavy atom. The minimum atomic E-state index is 0.124. The Bertz CT molecular complexity index is 489. The van der Waals surface area contributed by atoms with Crippen LogP contribution in [0.15, 0.2) is 6.07 Å². The third-order valence-electron chi connectivity index (χ3n) is 4.24. The molecule has 3 N–H and O–H groups in total. The number of hydrogen-bond acceptors (Lipinski definition) is 3. The van der Waals surface area contributed by atoms with E-state index < -0.39 is 0 Å². The quantitative estimate of drug-likeness (QED) is 0.655. The first-order valence-corrected chi connectivity index (χ1v) is 7.63. The van der Waals surface area contributed by atoms with Crippen molar-refractivity contribution in [2.75, 3.05) is 11.4 Å². The molecule has 4 heteroatoms. The largest absolute Gasteiger partial charge is 0.384 e. The zero-order valence-corrected chi connectivity index (χ0v) is 12.9. The Morgan fingerprint density at radius 1 is 1.35 bits per heavy atom. The molecule has 1 heterocycles. The number of anilines is 1. The molecule has 0 aliphatic heterocycles. The fourth-order valence-corrected chi connectivity index (χ4v) is 3.39. The molecule has 0 unspecified atom stereocenters. The van der Waals surface area contributed by atoms with Crippen LogP contribution in [0.1, 0.15) is 56.0 Å². The molecule has 1 aromatic rings. The maximum absolute atomic E-state index is 7.88. The number of hydrogen-bond donors (Lipinski definition) is 2. The Labute approximate surface area is 121 Å². The van der Waals surface area contributed by atoms with Gasteiger partial charge in [-0.25, -0.2) is 0 Å². The molecule has 0 saturated heterocycles. The molecule has 2 rings (SSSR count). The topological polar surface area (TPSA) is 66.0 Å². The van der Waals surface area contributed by atoms with Crippen molar-refractivity contribution in [1.29, 1.82) is 5.41 Å². The van der Waals surface area contributed by atoms with Crippen LogP contribution >= 0.6 is 0 Å². The summed E-state index contributed by atoms with van der Waals surface area (Å²) in [5.41, 5.74) is 9.57. The number of pyridine rings is 1. The van der Waals surface area contributed by atoms with E-state index >= 15 is 0 Å². The molecule has 1 aliphatic carbocycles. The van der Waals surface area contributed by atoms with E-state index in [4.69, 9.17) is 11.1 Å². The molecule has 0 aromatic carbocycles. The van der Waals surface area contributed by atoms with Crippen LogP contribution in [0.5, 0.6) is 0 Å². The van der Waals surface area contributed by atoms with E-state index in [1.54, 1.807) is 0 Å². The van der Waals surface area contributed by atoms with E-state index in [0.29, 0.717) is 6.04 Å². The van der Waals surface area contributed by atoms with Crippen LogP contribution in [0.25, 0.3) is 0 Å².